The van der Waals surface area contributed by atoms with Gasteiger partial charge in [0.2, 0.25) is 0 Å². The third-order valence-electron chi connectivity index (χ3n) is 3.31. The molecule has 0 saturated carbocycles. The van der Waals surface area contributed by atoms with Gasteiger partial charge in [0.05, 0.1) is 18.4 Å². The molecule has 1 aromatic rings. The Morgan fingerprint density at radius 1 is 1.37 bits per heavy atom. The van der Waals surface area contributed by atoms with E-state index in [4.69, 9.17) is 9.47 Å². The molecular formula is C15H24N2O2. The molecule has 1 fully saturated rings. The number of rotatable bonds is 7. The molecule has 19 heavy (non-hydrogen) atoms. The molecule has 0 aliphatic carbocycles. The molecule has 1 saturated heterocycles. The topological polar surface area (TPSA) is 43.4 Å². The molecule has 2 atom stereocenters. The van der Waals surface area contributed by atoms with E-state index in [-0.39, 0.29) is 6.10 Å². The first kappa shape index (κ1) is 14.3. The van der Waals surface area contributed by atoms with Crippen molar-refractivity contribution in [1.29, 1.82) is 0 Å². The maximum absolute atomic E-state index is 5.95. The summed E-state index contributed by atoms with van der Waals surface area (Å²) in [6.07, 6.45) is 5.70. The van der Waals surface area contributed by atoms with Gasteiger partial charge in [-0.1, -0.05) is 6.92 Å². The number of hydrogen-bond donors (Lipinski definition) is 1. The first-order valence-electron chi connectivity index (χ1n) is 7.19. The summed E-state index contributed by atoms with van der Waals surface area (Å²) in [6.45, 7) is 6.79. The molecule has 0 radical (unpaired) electrons. The summed E-state index contributed by atoms with van der Waals surface area (Å²) in [7, 11) is 0. The predicted octanol–water partition coefficient (Wildman–Crippen LogP) is 2.32. The Bertz CT molecular complexity index is 367. The summed E-state index contributed by atoms with van der Waals surface area (Å²) >= 11 is 0. The van der Waals surface area contributed by atoms with E-state index in [1.807, 2.05) is 19.1 Å². The fourth-order valence-corrected chi connectivity index (χ4v) is 2.22. The summed E-state index contributed by atoms with van der Waals surface area (Å²) in [4.78, 5) is 4.21. The quantitative estimate of drug-likeness (QED) is 0.768. The van der Waals surface area contributed by atoms with Crippen molar-refractivity contribution in [2.75, 3.05) is 19.7 Å². The van der Waals surface area contributed by atoms with Crippen LogP contribution in [0.15, 0.2) is 18.3 Å². The van der Waals surface area contributed by atoms with E-state index in [0.29, 0.717) is 12.7 Å². The van der Waals surface area contributed by atoms with Gasteiger partial charge < -0.3 is 14.8 Å². The molecule has 2 heterocycles. The zero-order chi connectivity index (χ0) is 13.5. The first-order chi connectivity index (χ1) is 9.28. The number of nitrogens with one attached hydrogen (secondary N) is 1. The van der Waals surface area contributed by atoms with Crippen LogP contribution in [0.3, 0.4) is 0 Å². The lowest BCUT2D eigenvalue weighted by molar-refractivity contribution is 0.0186. The van der Waals surface area contributed by atoms with Crippen LogP contribution in [0.5, 0.6) is 5.75 Å². The fourth-order valence-electron chi connectivity index (χ4n) is 2.22. The van der Waals surface area contributed by atoms with Crippen LogP contribution in [0, 0.1) is 6.92 Å². The molecule has 1 N–H and O–H groups in total. The zero-order valence-corrected chi connectivity index (χ0v) is 11.9. The number of aromatic nitrogens is 1. The largest absolute Gasteiger partial charge is 0.489 e. The monoisotopic (exact) mass is 264 g/mol. The zero-order valence-electron chi connectivity index (χ0n) is 11.9. The third-order valence-corrected chi connectivity index (χ3v) is 3.31. The fraction of sp³-hybridized carbons (Fsp3) is 0.667. The van der Waals surface area contributed by atoms with E-state index >= 15 is 0 Å². The molecule has 0 aromatic carbocycles. The van der Waals surface area contributed by atoms with Gasteiger partial charge in [0.15, 0.2) is 0 Å². The molecule has 4 nitrogen and oxygen atoms in total. The van der Waals surface area contributed by atoms with Gasteiger partial charge in [-0.25, -0.2) is 0 Å². The second kappa shape index (κ2) is 7.46. The van der Waals surface area contributed by atoms with E-state index in [0.717, 1.165) is 37.4 Å². The van der Waals surface area contributed by atoms with Crippen LogP contribution < -0.4 is 10.1 Å². The Kier molecular flexibility index (Phi) is 5.61. The van der Waals surface area contributed by atoms with Crippen LogP contribution in [-0.2, 0) is 4.74 Å². The first-order valence-corrected chi connectivity index (χ1v) is 7.19. The molecule has 1 aliphatic heterocycles. The molecule has 2 unspecified atom stereocenters. The van der Waals surface area contributed by atoms with Crippen molar-refractivity contribution in [3.63, 3.8) is 0 Å². The van der Waals surface area contributed by atoms with Crippen molar-refractivity contribution in [2.24, 2.45) is 0 Å². The minimum atomic E-state index is 0.217. The Morgan fingerprint density at radius 2 is 2.21 bits per heavy atom. The maximum atomic E-state index is 5.95. The van der Waals surface area contributed by atoms with Gasteiger partial charge in [0.1, 0.15) is 12.4 Å². The Hall–Kier alpha value is -1.13. The van der Waals surface area contributed by atoms with Gasteiger partial charge in [-0.2, -0.15) is 0 Å². The molecular weight excluding hydrogens is 240 g/mol. The second-order valence-electron chi connectivity index (χ2n) is 5.11. The number of nitrogens with zero attached hydrogens (tertiary/aromatic N) is 1. The lowest BCUT2D eigenvalue weighted by atomic mass is 10.2. The molecule has 4 heteroatoms. The SMILES string of the molecule is CCCNCC1CCC(COc2ccc(C)nc2)O1. The van der Waals surface area contributed by atoms with E-state index < -0.39 is 0 Å². The van der Waals surface area contributed by atoms with Crippen molar-refractivity contribution in [3.8, 4) is 5.75 Å². The average molecular weight is 264 g/mol. The van der Waals surface area contributed by atoms with Crippen molar-refractivity contribution in [3.05, 3.63) is 24.0 Å². The molecule has 2 rings (SSSR count). The highest BCUT2D eigenvalue weighted by Crippen LogP contribution is 2.20. The van der Waals surface area contributed by atoms with Gasteiger partial charge in [-0.15, -0.1) is 0 Å². The molecule has 0 amide bonds. The number of ether oxygens (including phenoxy) is 2. The average Bonchev–Trinajstić information content (AvgIpc) is 2.86. The molecule has 0 spiro atoms. The van der Waals surface area contributed by atoms with E-state index in [2.05, 4.69) is 17.2 Å². The van der Waals surface area contributed by atoms with Crippen molar-refractivity contribution in [1.82, 2.24) is 10.3 Å². The highest BCUT2D eigenvalue weighted by Gasteiger charge is 2.25. The summed E-state index contributed by atoms with van der Waals surface area (Å²) in [5.41, 5.74) is 1.01. The van der Waals surface area contributed by atoms with Crippen molar-refractivity contribution in [2.45, 2.75) is 45.3 Å². The lowest BCUT2D eigenvalue weighted by Gasteiger charge is -2.15. The van der Waals surface area contributed by atoms with Gasteiger partial charge in [0.25, 0.3) is 0 Å². The lowest BCUT2D eigenvalue weighted by Crippen LogP contribution is -2.28. The van der Waals surface area contributed by atoms with Crippen LogP contribution in [0.4, 0.5) is 0 Å². The Balaban J connectivity index is 1.66. The van der Waals surface area contributed by atoms with Crippen LogP contribution in [0.25, 0.3) is 0 Å². The molecule has 1 aliphatic rings. The smallest absolute Gasteiger partial charge is 0.137 e. The number of hydrogen-bond acceptors (Lipinski definition) is 4. The minimum absolute atomic E-state index is 0.217. The van der Waals surface area contributed by atoms with Gasteiger partial charge >= 0.3 is 0 Å². The van der Waals surface area contributed by atoms with Crippen LogP contribution in [0.2, 0.25) is 0 Å². The van der Waals surface area contributed by atoms with Crippen LogP contribution in [0.1, 0.15) is 31.9 Å². The summed E-state index contributed by atoms with van der Waals surface area (Å²) in [5.74, 6) is 0.821. The summed E-state index contributed by atoms with van der Waals surface area (Å²) in [6, 6.07) is 3.92. The Morgan fingerprint density at radius 3 is 2.95 bits per heavy atom. The second-order valence-corrected chi connectivity index (χ2v) is 5.11. The van der Waals surface area contributed by atoms with Crippen molar-refractivity contribution >= 4 is 0 Å². The summed E-state index contributed by atoms with van der Waals surface area (Å²) < 4.78 is 11.7. The van der Waals surface area contributed by atoms with E-state index in [1.165, 1.54) is 6.42 Å². The summed E-state index contributed by atoms with van der Waals surface area (Å²) in [5, 5.41) is 3.40. The molecule has 106 valence electrons. The maximum Gasteiger partial charge on any atom is 0.137 e. The number of pyridine rings is 1. The number of aryl methyl sites for hydroxylation is 1. The van der Waals surface area contributed by atoms with Crippen molar-refractivity contribution < 1.29 is 9.47 Å². The van der Waals surface area contributed by atoms with Crippen LogP contribution >= 0.6 is 0 Å². The normalized spacial score (nSPS) is 22.6. The van der Waals surface area contributed by atoms with E-state index in [9.17, 15) is 0 Å². The van der Waals surface area contributed by atoms with Gasteiger partial charge in [-0.05, 0) is 44.9 Å². The van der Waals surface area contributed by atoms with Gasteiger partial charge in [-0.3, -0.25) is 4.98 Å². The highest BCUT2D eigenvalue weighted by atomic mass is 16.5. The minimum Gasteiger partial charge on any atom is -0.489 e. The molecule has 0 bridgehead atoms. The predicted molar refractivity (Wildman–Crippen MR) is 75.5 cm³/mol. The van der Waals surface area contributed by atoms with Gasteiger partial charge in [0, 0.05) is 12.2 Å². The van der Waals surface area contributed by atoms with E-state index in [1.54, 1.807) is 6.20 Å². The van der Waals surface area contributed by atoms with Crippen LogP contribution in [-0.4, -0.2) is 36.9 Å². The molecule has 1 aromatic heterocycles. The highest BCUT2D eigenvalue weighted by molar-refractivity contribution is 5.19. The Labute approximate surface area is 115 Å². The third kappa shape index (κ3) is 4.80. The standard InChI is InChI=1S/C15H24N2O2/c1-3-8-16-9-14-6-7-15(19-14)11-18-13-5-4-12(2)17-10-13/h4-5,10,14-16H,3,6-9,11H2,1-2H3.